The molecule has 0 spiro atoms. The quantitative estimate of drug-likeness (QED) is 0.841. The van der Waals surface area contributed by atoms with Gasteiger partial charge in [-0.3, -0.25) is 0 Å². The monoisotopic (exact) mass is 316 g/mol. The van der Waals surface area contributed by atoms with Crippen molar-refractivity contribution in [3.8, 4) is 0 Å². The van der Waals surface area contributed by atoms with Gasteiger partial charge >= 0.3 is 0 Å². The predicted octanol–water partition coefficient (Wildman–Crippen LogP) is 0.860. The van der Waals surface area contributed by atoms with Gasteiger partial charge in [0, 0.05) is 17.3 Å². The highest BCUT2D eigenvalue weighted by atomic mass is 32.2. The normalized spacial score (nSPS) is 13.6. The van der Waals surface area contributed by atoms with E-state index < -0.39 is 15.9 Å². The van der Waals surface area contributed by atoms with Gasteiger partial charge < -0.3 is 10.3 Å². The first-order chi connectivity index (χ1) is 9.33. The molecule has 2 rings (SSSR count). The first-order valence-electron chi connectivity index (χ1n) is 6.00. The van der Waals surface area contributed by atoms with Crippen LogP contribution in [0.5, 0.6) is 0 Å². The number of thiazole rings is 1. The van der Waals surface area contributed by atoms with Gasteiger partial charge in [0.1, 0.15) is 14.8 Å². The van der Waals surface area contributed by atoms with Crippen LogP contribution in [-0.4, -0.2) is 35.6 Å². The molecule has 0 saturated carbocycles. The zero-order valence-corrected chi connectivity index (χ0v) is 12.9. The maximum Gasteiger partial charge on any atom is 0.243 e. The Hall–Kier alpha value is -1.32. The lowest BCUT2D eigenvalue weighted by molar-refractivity contribution is 0.349. The molecule has 0 aliphatic heterocycles. The third-order valence-electron chi connectivity index (χ3n) is 2.58. The van der Waals surface area contributed by atoms with Crippen molar-refractivity contribution >= 4 is 21.2 Å². The molecule has 0 fully saturated rings. The van der Waals surface area contributed by atoms with E-state index in [1.165, 1.54) is 17.6 Å². The molecule has 20 heavy (non-hydrogen) atoms. The Morgan fingerprint density at radius 3 is 2.80 bits per heavy atom. The molecular weight excluding hydrogens is 300 g/mol. The Labute approximate surface area is 121 Å². The van der Waals surface area contributed by atoms with Crippen LogP contribution in [0.25, 0.3) is 0 Å². The van der Waals surface area contributed by atoms with E-state index in [1.807, 2.05) is 12.3 Å². The minimum Gasteiger partial charge on any atom is -0.338 e. The van der Waals surface area contributed by atoms with E-state index in [0.717, 1.165) is 10.7 Å². The van der Waals surface area contributed by atoms with Crippen molar-refractivity contribution < 1.29 is 12.9 Å². The Bertz CT molecular complexity index is 677. The third-order valence-corrected chi connectivity index (χ3v) is 4.52. The van der Waals surface area contributed by atoms with Gasteiger partial charge in [-0.05, 0) is 13.3 Å². The van der Waals surface area contributed by atoms with Gasteiger partial charge in [-0.2, -0.15) is 4.98 Å². The van der Waals surface area contributed by atoms with E-state index in [-0.39, 0.29) is 18.1 Å². The maximum atomic E-state index is 11.1. The molecule has 0 aromatic carbocycles. The average molecular weight is 316 g/mol. The number of hydrogen-bond donors (Lipinski definition) is 1. The second kappa shape index (κ2) is 5.98. The van der Waals surface area contributed by atoms with Crippen molar-refractivity contribution in [2.75, 3.05) is 12.0 Å². The van der Waals surface area contributed by atoms with Crippen molar-refractivity contribution in [2.24, 2.45) is 5.73 Å². The smallest absolute Gasteiger partial charge is 0.243 e. The molecule has 2 heterocycles. The van der Waals surface area contributed by atoms with E-state index >= 15 is 0 Å². The van der Waals surface area contributed by atoms with E-state index in [9.17, 15) is 8.42 Å². The van der Waals surface area contributed by atoms with E-state index in [1.54, 1.807) is 0 Å². The Morgan fingerprint density at radius 1 is 1.45 bits per heavy atom. The molecule has 0 aliphatic rings. The summed E-state index contributed by atoms with van der Waals surface area (Å²) in [6.07, 6.45) is 1.92. The summed E-state index contributed by atoms with van der Waals surface area (Å²) in [5.41, 5.74) is 6.80. The molecule has 9 heteroatoms. The number of nitrogens with zero attached hydrogens (tertiary/aromatic N) is 3. The van der Waals surface area contributed by atoms with E-state index in [2.05, 4.69) is 15.1 Å². The molecule has 2 aromatic rings. The molecule has 7 nitrogen and oxygen atoms in total. The average Bonchev–Trinajstić information content (AvgIpc) is 2.95. The second-order valence-corrected chi connectivity index (χ2v) is 7.84. The van der Waals surface area contributed by atoms with Gasteiger partial charge in [0.2, 0.25) is 5.89 Å². The summed E-state index contributed by atoms with van der Waals surface area (Å²) in [6.45, 7) is 1.92. The van der Waals surface area contributed by atoms with Gasteiger partial charge in [-0.1, -0.05) is 5.16 Å². The summed E-state index contributed by atoms with van der Waals surface area (Å²) in [6, 6.07) is -0.566. The molecule has 2 aromatic heterocycles. The minimum atomic E-state index is -3.04. The van der Waals surface area contributed by atoms with Crippen LogP contribution in [0.2, 0.25) is 0 Å². The molecule has 1 unspecified atom stereocenters. The number of aryl methyl sites for hydroxylation is 1. The minimum absolute atomic E-state index is 0.00243. The highest BCUT2D eigenvalue weighted by Gasteiger charge is 2.17. The van der Waals surface area contributed by atoms with Crippen LogP contribution in [0, 0.1) is 6.92 Å². The number of hydrogen-bond acceptors (Lipinski definition) is 8. The zero-order valence-electron chi connectivity index (χ0n) is 11.2. The van der Waals surface area contributed by atoms with Crippen molar-refractivity contribution in [1.82, 2.24) is 15.1 Å². The summed E-state index contributed by atoms with van der Waals surface area (Å²) >= 11 is 1.53. The summed E-state index contributed by atoms with van der Waals surface area (Å²) in [7, 11) is -3.04. The predicted molar refractivity (Wildman–Crippen MR) is 75.2 cm³/mol. The van der Waals surface area contributed by atoms with Crippen LogP contribution < -0.4 is 5.73 Å². The molecule has 110 valence electrons. The van der Waals surface area contributed by atoms with Gasteiger partial charge in [0.05, 0.1) is 18.2 Å². The standard InChI is InChI=1S/C11H16N4O3S2/c1-7-6-19-10(13-7)5-9-14-11(18-15-9)8(12)3-4-20(2,16)17/h6,8H,3-5,12H2,1-2H3. The van der Waals surface area contributed by atoms with Crippen molar-refractivity contribution in [3.05, 3.63) is 27.8 Å². The molecule has 0 bridgehead atoms. The first-order valence-corrected chi connectivity index (χ1v) is 8.94. The zero-order chi connectivity index (χ0) is 14.8. The van der Waals surface area contributed by atoms with Gasteiger partial charge in [-0.25, -0.2) is 13.4 Å². The lowest BCUT2D eigenvalue weighted by Crippen LogP contribution is -2.16. The summed E-state index contributed by atoms with van der Waals surface area (Å²) in [5.74, 6) is 0.762. The fourth-order valence-corrected chi connectivity index (χ4v) is 3.02. The van der Waals surface area contributed by atoms with Crippen molar-refractivity contribution in [3.63, 3.8) is 0 Å². The summed E-state index contributed by atoms with van der Waals surface area (Å²) < 4.78 is 27.2. The van der Waals surface area contributed by atoms with Crippen LogP contribution in [0.4, 0.5) is 0 Å². The molecule has 0 radical (unpaired) electrons. The molecule has 0 aliphatic carbocycles. The van der Waals surface area contributed by atoms with Gasteiger partial charge in [-0.15, -0.1) is 11.3 Å². The van der Waals surface area contributed by atoms with Crippen molar-refractivity contribution in [1.29, 1.82) is 0 Å². The summed E-state index contributed by atoms with van der Waals surface area (Å²) in [5, 5.41) is 6.69. The van der Waals surface area contributed by atoms with Crippen LogP contribution in [0.1, 0.15) is 34.9 Å². The number of sulfone groups is 1. The number of rotatable bonds is 6. The van der Waals surface area contributed by atoms with E-state index in [0.29, 0.717) is 12.2 Å². The highest BCUT2D eigenvalue weighted by Crippen LogP contribution is 2.16. The lowest BCUT2D eigenvalue weighted by Gasteiger charge is -2.04. The Morgan fingerprint density at radius 2 is 2.20 bits per heavy atom. The third kappa shape index (κ3) is 4.36. The topological polar surface area (TPSA) is 112 Å². The Balaban J connectivity index is 1.97. The van der Waals surface area contributed by atoms with Gasteiger partial charge in [0.25, 0.3) is 0 Å². The number of aromatic nitrogens is 3. The van der Waals surface area contributed by atoms with Crippen LogP contribution in [-0.2, 0) is 16.3 Å². The molecule has 2 N–H and O–H groups in total. The van der Waals surface area contributed by atoms with Crippen LogP contribution in [0.3, 0.4) is 0 Å². The molecule has 1 atom stereocenters. The largest absolute Gasteiger partial charge is 0.338 e. The molecular formula is C11H16N4O3S2. The second-order valence-electron chi connectivity index (χ2n) is 4.63. The maximum absolute atomic E-state index is 11.1. The SMILES string of the molecule is Cc1csc(Cc2noc(C(N)CCS(C)(=O)=O)n2)n1. The summed E-state index contributed by atoms with van der Waals surface area (Å²) in [4.78, 5) is 8.50. The number of nitrogens with two attached hydrogens (primary N) is 1. The first kappa shape index (κ1) is 15.1. The lowest BCUT2D eigenvalue weighted by atomic mass is 10.2. The molecule has 0 amide bonds. The fourth-order valence-electron chi connectivity index (χ4n) is 1.57. The Kier molecular flexibility index (Phi) is 4.51. The molecule has 0 saturated heterocycles. The van der Waals surface area contributed by atoms with Crippen LogP contribution >= 0.6 is 11.3 Å². The van der Waals surface area contributed by atoms with Crippen LogP contribution in [0.15, 0.2) is 9.90 Å². The fraction of sp³-hybridized carbons (Fsp3) is 0.545. The van der Waals surface area contributed by atoms with E-state index in [4.69, 9.17) is 10.3 Å². The highest BCUT2D eigenvalue weighted by molar-refractivity contribution is 7.90. The van der Waals surface area contributed by atoms with Crippen molar-refractivity contribution in [2.45, 2.75) is 25.8 Å². The van der Waals surface area contributed by atoms with Gasteiger partial charge in [0.15, 0.2) is 5.82 Å².